The number of ether oxygens (including phenoxy) is 2. The van der Waals surface area contributed by atoms with E-state index in [-0.39, 0.29) is 5.03 Å². The van der Waals surface area contributed by atoms with Gasteiger partial charge >= 0.3 is 0 Å². The van der Waals surface area contributed by atoms with Gasteiger partial charge in [0.15, 0.2) is 5.03 Å². The molecule has 0 amide bonds. The summed E-state index contributed by atoms with van der Waals surface area (Å²) in [5.74, 6) is 0.621. The van der Waals surface area contributed by atoms with Crippen molar-refractivity contribution in [3.63, 3.8) is 0 Å². The molecular weight excluding hydrogens is 258 g/mol. The Kier molecular flexibility index (Phi) is 5.73. The van der Waals surface area contributed by atoms with Crippen molar-refractivity contribution in [1.29, 1.82) is 0 Å². The molecule has 104 valence electrons. The van der Waals surface area contributed by atoms with E-state index in [1.54, 1.807) is 18.6 Å². The summed E-state index contributed by atoms with van der Waals surface area (Å²) in [5, 5.41) is 4.91. The molecule has 1 aromatic rings. The molecule has 0 bridgehead atoms. The van der Waals surface area contributed by atoms with Crippen LogP contribution in [0.15, 0.2) is 11.2 Å². The summed E-state index contributed by atoms with van der Waals surface area (Å²) in [7, 11) is -2.11. The number of nitrogens with two attached hydrogens (primary N) is 1. The number of hydrogen-bond donors (Lipinski definition) is 1. The molecule has 1 rings (SSSR count). The second-order valence-electron chi connectivity index (χ2n) is 3.82. The number of aromatic nitrogens is 2. The summed E-state index contributed by atoms with van der Waals surface area (Å²) in [6, 6.07) is 0. The van der Waals surface area contributed by atoms with E-state index in [2.05, 4.69) is 4.98 Å². The topological polar surface area (TPSA) is 96.4 Å². The largest absolute Gasteiger partial charge is 0.382 e. The Balaban J connectivity index is 2.41. The van der Waals surface area contributed by atoms with E-state index < -0.39 is 10.0 Å². The third-order valence-electron chi connectivity index (χ3n) is 2.36. The van der Waals surface area contributed by atoms with Crippen molar-refractivity contribution in [1.82, 2.24) is 9.55 Å². The minimum atomic E-state index is -3.73. The highest BCUT2D eigenvalue weighted by Crippen LogP contribution is 2.07. The van der Waals surface area contributed by atoms with Crippen LogP contribution in [0.4, 0.5) is 0 Å². The summed E-state index contributed by atoms with van der Waals surface area (Å²) in [5.41, 5.74) is 0. The van der Waals surface area contributed by atoms with Crippen LogP contribution in [0.5, 0.6) is 0 Å². The van der Waals surface area contributed by atoms with Gasteiger partial charge in [0, 0.05) is 26.5 Å². The van der Waals surface area contributed by atoms with Crippen LogP contribution in [-0.4, -0.2) is 44.9 Å². The van der Waals surface area contributed by atoms with Crippen molar-refractivity contribution in [3.8, 4) is 0 Å². The molecule has 2 N–H and O–H groups in total. The van der Waals surface area contributed by atoms with E-state index in [9.17, 15) is 8.42 Å². The van der Waals surface area contributed by atoms with E-state index in [4.69, 9.17) is 14.6 Å². The maximum absolute atomic E-state index is 11.1. The predicted molar refractivity (Wildman–Crippen MR) is 65.6 cm³/mol. The zero-order valence-corrected chi connectivity index (χ0v) is 11.4. The fraction of sp³-hybridized carbons (Fsp3) is 0.700. The summed E-state index contributed by atoms with van der Waals surface area (Å²) in [4.78, 5) is 3.90. The van der Waals surface area contributed by atoms with Gasteiger partial charge in [-0.15, -0.1) is 0 Å². The number of nitrogens with zero attached hydrogens (tertiary/aromatic N) is 2. The second-order valence-corrected chi connectivity index (χ2v) is 5.33. The van der Waals surface area contributed by atoms with Gasteiger partial charge < -0.3 is 14.0 Å². The number of methoxy groups -OCH3 is 1. The van der Waals surface area contributed by atoms with E-state index in [0.29, 0.717) is 32.2 Å². The number of rotatable bonds is 8. The van der Waals surface area contributed by atoms with Crippen molar-refractivity contribution in [2.75, 3.05) is 26.9 Å². The zero-order chi connectivity index (χ0) is 13.6. The van der Waals surface area contributed by atoms with E-state index in [0.717, 1.165) is 6.42 Å². The SMILES string of the molecule is COCCOCCCn1cc(S(N)(=O)=O)nc1C. The number of primary sulfonamides is 1. The Morgan fingerprint density at radius 1 is 1.39 bits per heavy atom. The number of aryl methyl sites for hydroxylation is 2. The number of sulfonamides is 1. The van der Waals surface area contributed by atoms with Gasteiger partial charge in [-0.25, -0.2) is 18.5 Å². The normalized spacial score (nSPS) is 11.9. The molecule has 0 saturated heterocycles. The summed E-state index contributed by atoms with van der Waals surface area (Å²) >= 11 is 0. The van der Waals surface area contributed by atoms with Gasteiger partial charge in [0.2, 0.25) is 0 Å². The van der Waals surface area contributed by atoms with Crippen molar-refractivity contribution >= 4 is 10.0 Å². The molecule has 0 aliphatic heterocycles. The van der Waals surface area contributed by atoms with Crippen molar-refractivity contribution in [3.05, 3.63) is 12.0 Å². The van der Waals surface area contributed by atoms with Gasteiger partial charge in [0.05, 0.1) is 13.2 Å². The maximum atomic E-state index is 11.1. The molecule has 0 aromatic carbocycles. The third kappa shape index (κ3) is 4.73. The average Bonchev–Trinajstić information content (AvgIpc) is 2.65. The van der Waals surface area contributed by atoms with E-state index >= 15 is 0 Å². The third-order valence-corrected chi connectivity index (χ3v) is 3.14. The van der Waals surface area contributed by atoms with Gasteiger partial charge in [-0.3, -0.25) is 0 Å². The smallest absolute Gasteiger partial charge is 0.257 e. The molecule has 0 spiro atoms. The fourth-order valence-electron chi connectivity index (χ4n) is 1.42. The quantitative estimate of drug-likeness (QED) is 0.669. The lowest BCUT2D eigenvalue weighted by atomic mass is 10.4. The molecule has 0 unspecified atom stereocenters. The van der Waals surface area contributed by atoms with E-state index in [1.807, 2.05) is 0 Å². The van der Waals surface area contributed by atoms with Crippen LogP contribution in [0.3, 0.4) is 0 Å². The zero-order valence-electron chi connectivity index (χ0n) is 10.6. The highest BCUT2D eigenvalue weighted by molar-refractivity contribution is 7.89. The first-order valence-corrected chi connectivity index (χ1v) is 7.13. The standard InChI is InChI=1S/C10H19N3O4S/c1-9-12-10(18(11,14)15)8-13(9)4-3-5-17-7-6-16-2/h8H,3-7H2,1-2H3,(H2,11,14,15). The first kappa shape index (κ1) is 15.1. The number of hydrogen-bond acceptors (Lipinski definition) is 5. The minimum absolute atomic E-state index is 0.0969. The minimum Gasteiger partial charge on any atom is -0.382 e. The van der Waals surface area contributed by atoms with Gasteiger partial charge in [-0.1, -0.05) is 0 Å². The Morgan fingerprint density at radius 3 is 2.67 bits per heavy atom. The van der Waals surface area contributed by atoms with Crippen LogP contribution in [0.1, 0.15) is 12.2 Å². The van der Waals surface area contributed by atoms with Gasteiger partial charge in [0.25, 0.3) is 10.0 Å². The Labute approximate surface area is 107 Å². The molecule has 18 heavy (non-hydrogen) atoms. The van der Waals surface area contributed by atoms with Crippen LogP contribution in [-0.2, 0) is 26.0 Å². The van der Waals surface area contributed by atoms with Gasteiger partial charge in [-0.05, 0) is 13.3 Å². The molecule has 0 aliphatic rings. The van der Waals surface area contributed by atoms with Crippen molar-refractivity contribution in [2.45, 2.75) is 24.9 Å². The molecule has 0 radical (unpaired) electrons. The molecule has 1 heterocycles. The summed E-state index contributed by atoms with van der Waals surface area (Å²) < 4.78 is 34.1. The lowest BCUT2D eigenvalue weighted by Crippen LogP contribution is -2.12. The van der Waals surface area contributed by atoms with Gasteiger partial charge in [0.1, 0.15) is 5.82 Å². The fourth-order valence-corrected chi connectivity index (χ4v) is 1.96. The highest BCUT2D eigenvalue weighted by atomic mass is 32.2. The van der Waals surface area contributed by atoms with E-state index in [1.165, 1.54) is 6.20 Å². The molecule has 0 fully saturated rings. The lowest BCUT2D eigenvalue weighted by molar-refractivity contribution is 0.0679. The predicted octanol–water partition coefficient (Wildman–Crippen LogP) is -0.108. The monoisotopic (exact) mass is 277 g/mol. The molecule has 7 nitrogen and oxygen atoms in total. The Morgan fingerprint density at radius 2 is 2.11 bits per heavy atom. The average molecular weight is 277 g/mol. The van der Waals surface area contributed by atoms with Crippen LogP contribution in [0, 0.1) is 6.92 Å². The first-order chi connectivity index (χ1) is 8.45. The second kappa shape index (κ2) is 6.83. The summed E-state index contributed by atoms with van der Waals surface area (Å²) in [6.07, 6.45) is 2.21. The number of imidazole rings is 1. The van der Waals surface area contributed by atoms with Crippen LogP contribution >= 0.6 is 0 Å². The molecule has 0 aliphatic carbocycles. The van der Waals surface area contributed by atoms with Crippen LogP contribution in [0.25, 0.3) is 0 Å². The summed E-state index contributed by atoms with van der Waals surface area (Å²) in [6.45, 7) is 4.09. The lowest BCUT2D eigenvalue weighted by Gasteiger charge is -2.05. The molecule has 0 saturated carbocycles. The molecule has 0 atom stereocenters. The Hall–Kier alpha value is -0.960. The van der Waals surface area contributed by atoms with Crippen LogP contribution < -0.4 is 5.14 Å². The van der Waals surface area contributed by atoms with Crippen molar-refractivity contribution in [2.24, 2.45) is 5.14 Å². The maximum Gasteiger partial charge on any atom is 0.257 e. The van der Waals surface area contributed by atoms with Crippen LogP contribution in [0.2, 0.25) is 0 Å². The van der Waals surface area contributed by atoms with Crippen molar-refractivity contribution < 1.29 is 17.9 Å². The molecule has 8 heteroatoms. The molecule has 1 aromatic heterocycles. The molecular formula is C10H19N3O4S. The first-order valence-electron chi connectivity index (χ1n) is 5.58. The highest BCUT2D eigenvalue weighted by Gasteiger charge is 2.13. The van der Waals surface area contributed by atoms with Gasteiger partial charge in [-0.2, -0.15) is 0 Å². The Bertz CT molecular complexity index is 469.